The van der Waals surface area contributed by atoms with Gasteiger partial charge in [0.2, 0.25) is 5.91 Å². The average molecular weight is 243 g/mol. The number of amides is 1. The van der Waals surface area contributed by atoms with Gasteiger partial charge < -0.3 is 15.8 Å². The van der Waals surface area contributed by atoms with E-state index in [1.807, 2.05) is 13.8 Å². The van der Waals surface area contributed by atoms with E-state index in [0.717, 1.165) is 0 Å². The van der Waals surface area contributed by atoms with Crippen molar-refractivity contribution in [3.8, 4) is 0 Å². The molecule has 0 aromatic rings. The van der Waals surface area contributed by atoms with E-state index in [-0.39, 0.29) is 6.54 Å². The second kappa shape index (κ2) is 6.44. The maximum absolute atomic E-state index is 11.5. The summed E-state index contributed by atoms with van der Waals surface area (Å²) in [6, 6.07) is 0. The molecule has 0 spiro atoms. The zero-order valence-electron chi connectivity index (χ0n) is 10.9. The Balaban J connectivity index is 4.57. The number of methoxy groups -OCH3 is 1. The second-order valence-corrected chi connectivity index (χ2v) is 4.72. The van der Waals surface area contributed by atoms with Gasteiger partial charge in [-0.05, 0) is 26.3 Å². The summed E-state index contributed by atoms with van der Waals surface area (Å²) < 4.78 is 5.28. The SMILES string of the molecule is COC(C)(C)CC(C)(NCCN=[N+]=[N-])C(N)=O. The van der Waals surface area contributed by atoms with Crippen molar-refractivity contribution in [2.24, 2.45) is 10.8 Å². The highest BCUT2D eigenvalue weighted by atomic mass is 16.5. The van der Waals surface area contributed by atoms with Crippen molar-refractivity contribution in [3.63, 3.8) is 0 Å². The first-order valence-electron chi connectivity index (χ1n) is 5.38. The molecule has 17 heavy (non-hydrogen) atoms. The minimum atomic E-state index is -0.884. The standard InChI is InChI=1S/C10H21N5O2/c1-9(2,17-4)7-10(3,8(11)16)13-5-6-14-15-12/h13H,5-7H2,1-4H3,(H2,11,16). The molecule has 98 valence electrons. The fourth-order valence-electron chi connectivity index (χ4n) is 1.59. The van der Waals surface area contributed by atoms with Crippen molar-refractivity contribution in [2.75, 3.05) is 20.2 Å². The highest BCUT2D eigenvalue weighted by Gasteiger charge is 2.36. The molecule has 0 aromatic carbocycles. The van der Waals surface area contributed by atoms with Crippen LogP contribution in [0.3, 0.4) is 0 Å². The predicted octanol–water partition coefficient (Wildman–Crippen LogP) is 0.945. The van der Waals surface area contributed by atoms with E-state index in [1.165, 1.54) is 0 Å². The minimum absolute atomic E-state index is 0.271. The van der Waals surface area contributed by atoms with Crippen LogP contribution in [-0.2, 0) is 9.53 Å². The molecule has 7 heteroatoms. The minimum Gasteiger partial charge on any atom is -0.379 e. The highest BCUT2D eigenvalue weighted by molar-refractivity contribution is 5.84. The quantitative estimate of drug-likeness (QED) is 0.286. The van der Waals surface area contributed by atoms with Crippen LogP contribution in [0.25, 0.3) is 10.4 Å². The van der Waals surface area contributed by atoms with Crippen molar-refractivity contribution in [2.45, 2.75) is 38.3 Å². The number of azide groups is 1. The van der Waals surface area contributed by atoms with Gasteiger partial charge in [0.25, 0.3) is 0 Å². The van der Waals surface area contributed by atoms with E-state index in [0.29, 0.717) is 13.0 Å². The lowest BCUT2D eigenvalue weighted by Gasteiger charge is -2.35. The van der Waals surface area contributed by atoms with Crippen LogP contribution in [0.5, 0.6) is 0 Å². The molecule has 1 atom stereocenters. The van der Waals surface area contributed by atoms with Crippen LogP contribution in [0.1, 0.15) is 27.2 Å². The Kier molecular flexibility index (Phi) is 5.95. The van der Waals surface area contributed by atoms with E-state index in [9.17, 15) is 4.79 Å². The number of hydrogen-bond acceptors (Lipinski definition) is 4. The maximum atomic E-state index is 11.5. The summed E-state index contributed by atoms with van der Waals surface area (Å²) in [6.07, 6.45) is 0.433. The lowest BCUT2D eigenvalue weighted by Crippen LogP contribution is -2.57. The number of rotatable bonds is 8. The summed E-state index contributed by atoms with van der Waals surface area (Å²) in [7, 11) is 1.58. The largest absolute Gasteiger partial charge is 0.379 e. The number of ether oxygens (including phenoxy) is 1. The molecule has 0 aromatic heterocycles. The van der Waals surface area contributed by atoms with Crippen LogP contribution in [0.2, 0.25) is 0 Å². The predicted molar refractivity (Wildman–Crippen MR) is 65.3 cm³/mol. The number of hydrogen-bond donors (Lipinski definition) is 2. The van der Waals surface area contributed by atoms with E-state index in [1.54, 1.807) is 14.0 Å². The molecule has 3 N–H and O–H groups in total. The van der Waals surface area contributed by atoms with Gasteiger partial charge in [-0.25, -0.2) is 0 Å². The van der Waals surface area contributed by atoms with E-state index < -0.39 is 17.0 Å². The molecule has 7 nitrogen and oxygen atoms in total. The lowest BCUT2D eigenvalue weighted by molar-refractivity contribution is -0.126. The molecule has 0 aliphatic carbocycles. The molecule has 0 saturated heterocycles. The molecule has 1 unspecified atom stereocenters. The number of primary amides is 1. The lowest BCUT2D eigenvalue weighted by atomic mass is 9.87. The Labute approximate surface area is 101 Å². The Bertz CT molecular complexity index is 312. The Hall–Kier alpha value is -1.30. The molecule has 0 aliphatic rings. The first-order valence-corrected chi connectivity index (χ1v) is 5.38. The molecule has 0 radical (unpaired) electrons. The van der Waals surface area contributed by atoms with Crippen LogP contribution >= 0.6 is 0 Å². The average Bonchev–Trinajstić information content (AvgIpc) is 2.24. The second-order valence-electron chi connectivity index (χ2n) is 4.72. The summed E-state index contributed by atoms with van der Waals surface area (Å²) in [4.78, 5) is 14.1. The topological polar surface area (TPSA) is 113 Å². The van der Waals surface area contributed by atoms with Crippen molar-refractivity contribution < 1.29 is 9.53 Å². The molecule has 0 saturated carbocycles. The Morgan fingerprint density at radius 3 is 2.53 bits per heavy atom. The van der Waals surface area contributed by atoms with Gasteiger partial charge in [0.1, 0.15) is 0 Å². The molecule has 1 amide bonds. The third kappa shape index (κ3) is 5.53. The van der Waals surface area contributed by atoms with Crippen LogP contribution in [-0.4, -0.2) is 37.2 Å². The van der Waals surface area contributed by atoms with Gasteiger partial charge in [-0.3, -0.25) is 4.79 Å². The van der Waals surface area contributed by atoms with Crippen LogP contribution < -0.4 is 11.1 Å². The van der Waals surface area contributed by atoms with Gasteiger partial charge in [0, 0.05) is 31.5 Å². The van der Waals surface area contributed by atoms with Gasteiger partial charge >= 0.3 is 0 Å². The van der Waals surface area contributed by atoms with Gasteiger partial charge in [-0.1, -0.05) is 5.11 Å². The molecular formula is C10H21N5O2. The molecule has 0 rings (SSSR count). The number of nitrogens with two attached hydrogens (primary N) is 1. The fourth-order valence-corrected chi connectivity index (χ4v) is 1.59. The van der Waals surface area contributed by atoms with Gasteiger partial charge in [0.05, 0.1) is 11.1 Å². The monoisotopic (exact) mass is 243 g/mol. The van der Waals surface area contributed by atoms with Gasteiger partial charge in [-0.2, -0.15) is 0 Å². The highest BCUT2D eigenvalue weighted by Crippen LogP contribution is 2.22. The summed E-state index contributed by atoms with van der Waals surface area (Å²) in [5.74, 6) is -0.455. The normalized spacial score (nSPS) is 14.8. The van der Waals surface area contributed by atoms with Crippen molar-refractivity contribution in [3.05, 3.63) is 10.4 Å². The van der Waals surface area contributed by atoms with Crippen molar-refractivity contribution in [1.29, 1.82) is 0 Å². The zero-order chi connectivity index (χ0) is 13.5. The van der Waals surface area contributed by atoms with Gasteiger partial charge in [-0.15, -0.1) is 0 Å². The third-order valence-electron chi connectivity index (χ3n) is 2.67. The van der Waals surface area contributed by atoms with E-state index >= 15 is 0 Å². The smallest absolute Gasteiger partial charge is 0.237 e. The molecule has 0 aliphatic heterocycles. The van der Waals surface area contributed by atoms with Crippen LogP contribution in [0.15, 0.2) is 5.11 Å². The van der Waals surface area contributed by atoms with Crippen LogP contribution in [0.4, 0.5) is 0 Å². The van der Waals surface area contributed by atoms with Crippen molar-refractivity contribution in [1.82, 2.24) is 5.32 Å². The number of carbonyl (C=O) groups excluding carboxylic acids is 1. The Morgan fingerprint density at radius 2 is 2.12 bits per heavy atom. The summed E-state index contributed by atoms with van der Waals surface area (Å²) in [5, 5.41) is 6.39. The maximum Gasteiger partial charge on any atom is 0.237 e. The van der Waals surface area contributed by atoms with Crippen LogP contribution in [0, 0.1) is 0 Å². The van der Waals surface area contributed by atoms with Crippen molar-refractivity contribution >= 4 is 5.91 Å². The summed E-state index contributed by atoms with van der Waals surface area (Å²) in [5.41, 5.74) is 12.2. The van der Waals surface area contributed by atoms with Gasteiger partial charge in [0.15, 0.2) is 0 Å². The first kappa shape index (κ1) is 15.7. The molecule has 0 heterocycles. The number of nitrogens with one attached hydrogen (secondary N) is 1. The fraction of sp³-hybridized carbons (Fsp3) is 0.900. The zero-order valence-corrected chi connectivity index (χ0v) is 10.9. The molecule has 0 fully saturated rings. The van der Waals surface area contributed by atoms with E-state index in [2.05, 4.69) is 15.3 Å². The number of carbonyl (C=O) groups is 1. The third-order valence-corrected chi connectivity index (χ3v) is 2.67. The summed E-state index contributed by atoms with van der Waals surface area (Å²) >= 11 is 0. The molecular weight excluding hydrogens is 222 g/mol. The Morgan fingerprint density at radius 1 is 1.53 bits per heavy atom. The first-order chi connectivity index (χ1) is 7.77. The molecule has 0 bridgehead atoms. The van der Waals surface area contributed by atoms with E-state index in [4.69, 9.17) is 16.0 Å². The number of nitrogens with zero attached hydrogens (tertiary/aromatic N) is 3. The summed E-state index contributed by atoms with van der Waals surface area (Å²) in [6.45, 7) is 6.13.